The Hall–Kier alpha value is -2.99. The lowest BCUT2D eigenvalue weighted by Crippen LogP contribution is -2.24. The average Bonchev–Trinajstić information content (AvgIpc) is 2.89. The van der Waals surface area contributed by atoms with E-state index in [1.54, 1.807) is 6.07 Å². The van der Waals surface area contributed by atoms with Crippen molar-refractivity contribution >= 4 is 0 Å². The van der Waals surface area contributed by atoms with Crippen molar-refractivity contribution in [2.75, 3.05) is 6.61 Å². The van der Waals surface area contributed by atoms with Crippen LogP contribution in [0.5, 0.6) is 0 Å². The Labute approximate surface area is 215 Å². The van der Waals surface area contributed by atoms with Crippen molar-refractivity contribution in [2.45, 2.75) is 64.4 Å². The van der Waals surface area contributed by atoms with Gasteiger partial charge in [-0.3, -0.25) is 0 Å². The lowest BCUT2D eigenvalue weighted by atomic mass is 9.89. The molecular weight excluding hydrogens is 483 g/mol. The summed E-state index contributed by atoms with van der Waals surface area (Å²) in [6, 6.07) is 10.3. The van der Waals surface area contributed by atoms with Crippen LogP contribution in [0.4, 0.5) is 22.0 Å². The molecule has 0 bridgehead atoms. The molecule has 2 atom stereocenters. The quantitative estimate of drug-likeness (QED) is 0.216. The summed E-state index contributed by atoms with van der Waals surface area (Å²) in [6.07, 6.45) is 7.01. The van der Waals surface area contributed by atoms with Gasteiger partial charge in [0.15, 0.2) is 23.3 Å². The molecule has 2 unspecified atom stereocenters. The molecule has 1 heterocycles. The third kappa shape index (κ3) is 5.96. The van der Waals surface area contributed by atoms with Crippen molar-refractivity contribution in [1.82, 2.24) is 0 Å². The molecule has 3 aromatic rings. The molecule has 0 radical (unpaired) electrons. The van der Waals surface area contributed by atoms with Crippen molar-refractivity contribution in [3.8, 4) is 11.1 Å². The summed E-state index contributed by atoms with van der Waals surface area (Å²) in [6.45, 7) is 4.15. The van der Waals surface area contributed by atoms with Crippen molar-refractivity contribution in [3.05, 3.63) is 106 Å². The first-order chi connectivity index (χ1) is 17.8. The summed E-state index contributed by atoms with van der Waals surface area (Å²) in [7, 11) is 0. The van der Waals surface area contributed by atoms with E-state index in [0.717, 1.165) is 18.4 Å². The maximum Gasteiger partial charge on any atom is 0.167 e. The predicted molar refractivity (Wildman–Crippen MR) is 136 cm³/mol. The third-order valence-electron chi connectivity index (χ3n) is 7.04. The van der Waals surface area contributed by atoms with Crippen molar-refractivity contribution in [3.63, 3.8) is 0 Å². The number of rotatable bonds is 8. The lowest BCUT2D eigenvalue weighted by molar-refractivity contribution is 0.0317. The molecule has 0 amide bonds. The number of hydrogen-bond acceptors (Lipinski definition) is 1. The fraction of sp³-hybridized carbons (Fsp3) is 0.355. The number of ether oxygens (including phenoxy) is 1. The summed E-state index contributed by atoms with van der Waals surface area (Å²) in [5.74, 6) is -5.36. The van der Waals surface area contributed by atoms with Crippen LogP contribution in [0.1, 0.15) is 61.3 Å². The van der Waals surface area contributed by atoms with Crippen LogP contribution in [0, 0.1) is 29.1 Å². The van der Waals surface area contributed by atoms with Gasteiger partial charge in [0.05, 0.1) is 12.7 Å². The second-order valence-electron chi connectivity index (χ2n) is 9.58. The number of aryl methyl sites for hydroxylation is 3. The van der Waals surface area contributed by atoms with Crippen LogP contribution in [0.2, 0.25) is 0 Å². The van der Waals surface area contributed by atoms with E-state index in [9.17, 15) is 8.78 Å². The molecule has 1 nitrogen and oxygen atoms in total. The molecule has 0 aliphatic carbocycles. The van der Waals surface area contributed by atoms with Gasteiger partial charge in [0.2, 0.25) is 0 Å². The first-order valence-electron chi connectivity index (χ1n) is 12.8. The Morgan fingerprint density at radius 2 is 1.46 bits per heavy atom. The van der Waals surface area contributed by atoms with Gasteiger partial charge < -0.3 is 4.74 Å². The molecule has 0 N–H and O–H groups in total. The second kappa shape index (κ2) is 12.0. The van der Waals surface area contributed by atoms with Crippen LogP contribution in [0.25, 0.3) is 11.1 Å². The molecule has 0 aromatic heterocycles. The van der Waals surface area contributed by atoms with Gasteiger partial charge in [-0.25, -0.2) is 22.0 Å². The fourth-order valence-electron chi connectivity index (χ4n) is 4.97. The maximum absolute atomic E-state index is 15.1. The molecule has 4 rings (SSSR count). The zero-order valence-corrected chi connectivity index (χ0v) is 21.1. The van der Waals surface area contributed by atoms with Crippen LogP contribution in [0.3, 0.4) is 0 Å². The molecule has 37 heavy (non-hydrogen) atoms. The minimum absolute atomic E-state index is 0.0408. The van der Waals surface area contributed by atoms with E-state index in [0.29, 0.717) is 18.4 Å². The second-order valence-corrected chi connectivity index (χ2v) is 9.58. The minimum Gasteiger partial charge on any atom is -0.374 e. The monoisotopic (exact) mass is 514 g/mol. The third-order valence-corrected chi connectivity index (χ3v) is 7.04. The number of allylic oxidation sites excluding steroid dienone is 1. The topological polar surface area (TPSA) is 9.23 Å². The molecule has 0 spiro atoms. The molecule has 196 valence electrons. The SMILES string of the molecule is CC=CC1CCC(c2ccc(-c3ccc(CCc4ccc(CCC)cc4F)c(F)c3F)c(F)c2F)CO1. The van der Waals surface area contributed by atoms with Gasteiger partial charge in [-0.15, -0.1) is 0 Å². The van der Waals surface area contributed by atoms with Gasteiger partial charge in [0.1, 0.15) is 5.82 Å². The average molecular weight is 515 g/mol. The number of benzene rings is 3. The highest BCUT2D eigenvalue weighted by Gasteiger charge is 2.27. The Balaban J connectivity index is 1.52. The Morgan fingerprint density at radius 1 is 0.784 bits per heavy atom. The first-order valence-corrected chi connectivity index (χ1v) is 12.8. The van der Waals surface area contributed by atoms with Gasteiger partial charge in [-0.1, -0.05) is 61.9 Å². The summed E-state index contributed by atoms with van der Waals surface area (Å²) in [5.41, 5.74) is 0.823. The van der Waals surface area contributed by atoms with E-state index < -0.39 is 23.3 Å². The molecule has 3 aromatic carbocycles. The van der Waals surface area contributed by atoms with Crippen LogP contribution in [-0.2, 0) is 24.0 Å². The molecule has 6 heteroatoms. The van der Waals surface area contributed by atoms with E-state index in [4.69, 9.17) is 4.74 Å². The van der Waals surface area contributed by atoms with E-state index in [2.05, 4.69) is 0 Å². The zero-order valence-electron chi connectivity index (χ0n) is 21.1. The lowest BCUT2D eigenvalue weighted by Gasteiger charge is -2.28. The predicted octanol–water partition coefficient (Wildman–Crippen LogP) is 8.63. The van der Waals surface area contributed by atoms with E-state index in [-0.39, 0.29) is 59.5 Å². The van der Waals surface area contributed by atoms with E-state index >= 15 is 13.2 Å². The normalized spacial score (nSPS) is 18.0. The van der Waals surface area contributed by atoms with Gasteiger partial charge in [0.25, 0.3) is 0 Å². The fourth-order valence-corrected chi connectivity index (χ4v) is 4.97. The van der Waals surface area contributed by atoms with E-state index in [1.807, 2.05) is 32.1 Å². The molecule has 0 saturated carbocycles. The van der Waals surface area contributed by atoms with E-state index in [1.165, 1.54) is 30.3 Å². The van der Waals surface area contributed by atoms with Crippen molar-refractivity contribution < 1.29 is 26.7 Å². The summed E-state index contributed by atoms with van der Waals surface area (Å²) in [4.78, 5) is 0. The largest absolute Gasteiger partial charge is 0.374 e. The van der Waals surface area contributed by atoms with Crippen LogP contribution in [0.15, 0.2) is 54.6 Å². The minimum atomic E-state index is -1.25. The van der Waals surface area contributed by atoms with Crippen LogP contribution < -0.4 is 0 Å². The molecule has 1 aliphatic heterocycles. The Kier molecular flexibility index (Phi) is 8.80. The molecule has 1 saturated heterocycles. The van der Waals surface area contributed by atoms with Gasteiger partial charge in [-0.2, -0.15) is 0 Å². The first kappa shape index (κ1) is 27.1. The van der Waals surface area contributed by atoms with Crippen molar-refractivity contribution in [1.29, 1.82) is 0 Å². The maximum atomic E-state index is 15.1. The zero-order chi connectivity index (χ0) is 26.5. The van der Waals surface area contributed by atoms with Crippen molar-refractivity contribution in [2.24, 2.45) is 0 Å². The smallest absolute Gasteiger partial charge is 0.167 e. The number of hydrogen-bond donors (Lipinski definition) is 0. The highest BCUT2D eigenvalue weighted by atomic mass is 19.2. The Bertz CT molecular complexity index is 1280. The highest BCUT2D eigenvalue weighted by molar-refractivity contribution is 5.66. The summed E-state index contributed by atoms with van der Waals surface area (Å²) in [5, 5.41) is 0. The van der Waals surface area contributed by atoms with Crippen LogP contribution in [-0.4, -0.2) is 12.7 Å². The molecular formula is C31H31F5O. The van der Waals surface area contributed by atoms with Gasteiger partial charge in [0, 0.05) is 17.0 Å². The molecule has 1 fully saturated rings. The summed E-state index contributed by atoms with van der Waals surface area (Å²) >= 11 is 0. The molecule has 1 aliphatic rings. The standard InChI is InChI=1S/C31H31F5O/c1-3-5-19-7-8-20(27(32)17-19)9-10-21-12-14-25(30(35)28(21)33)26-16-15-24(29(34)31(26)36)22-11-13-23(6-4-2)37-18-22/h4,6-8,12,14-17,22-23H,3,5,9-11,13,18H2,1-2H3. The highest BCUT2D eigenvalue weighted by Crippen LogP contribution is 2.36. The number of halogens is 5. The van der Waals surface area contributed by atoms with Crippen LogP contribution >= 0.6 is 0 Å². The van der Waals surface area contributed by atoms with Gasteiger partial charge in [-0.05, 0) is 67.3 Å². The van der Waals surface area contributed by atoms with Gasteiger partial charge >= 0.3 is 0 Å². The Morgan fingerprint density at radius 3 is 2.11 bits per heavy atom. The summed E-state index contributed by atoms with van der Waals surface area (Å²) < 4.78 is 80.1.